The Hall–Kier alpha value is -3.54. The van der Waals surface area contributed by atoms with Crippen molar-refractivity contribution in [2.24, 2.45) is 0 Å². The van der Waals surface area contributed by atoms with Crippen molar-refractivity contribution in [2.45, 2.75) is 19.5 Å². The second-order valence-corrected chi connectivity index (χ2v) is 11.1. The maximum Gasteiger partial charge on any atom is 0.302 e. The van der Waals surface area contributed by atoms with E-state index in [4.69, 9.17) is 0 Å². The van der Waals surface area contributed by atoms with Crippen molar-refractivity contribution in [1.29, 1.82) is 0 Å². The zero-order chi connectivity index (χ0) is 27.0. The van der Waals surface area contributed by atoms with Crippen molar-refractivity contribution in [1.82, 2.24) is 33.6 Å². The minimum Gasteiger partial charge on any atom is -0.501 e. The van der Waals surface area contributed by atoms with E-state index >= 15 is 0 Å². The first-order valence-corrected chi connectivity index (χ1v) is 13.3. The van der Waals surface area contributed by atoms with Crippen LogP contribution in [-0.4, -0.2) is 86.1 Å². The van der Waals surface area contributed by atoms with Crippen LogP contribution in [0.5, 0.6) is 5.75 Å². The van der Waals surface area contributed by atoms with E-state index in [2.05, 4.69) is 33.4 Å². The van der Waals surface area contributed by atoms with E-state index in [0.29, 0.717) is 30.3 Å². The molecule has 0 amide bonds. The van der Waals surface area contributed by atoms with E-state index in [-0.39, 0.29) is 11.5 Å². The van der Waals surface area contributed by atoms with Crippen LogP contribution < -0.4 is 5.56 Å². The van der Waals surface area contributed by atoms with Gasteiger partial charge in [-0.15, -0.1) is 11.3 Å². The summed E-state index contributed by atoms with van der Waals surface area (Å²) in [6, 6.07) is 4.81. The highest BCUT2D eigenvalue weighted by molar-refractivity contribution is 7.15. The number of imidazole rings is 1. The predicted molar refractivity (Wildman–Crippen MR) is 147 cm³/mol. The first-order chi connectivity index (χ1) is 18.2. The van der Waals surface area contributed by atoms with Gasteiger partial charge in [0, 0.05) is 68.3 Å². The lowest BCUT2D eigenvalue weighted by atomic mass is 10.0. The number of aromatic nitrogens is 4. The van der Waals surface area contributed by atoms with E-state index in [9.17, 15) is 14.3 Å². The summed E-state index contributed by atoms with van der Waals surface area (Å²) in [6.45, 7) is 9.12. The normalized spacial score (nSPS) is 14.6. The number of fused-ring (bicyclic) bond motifs is 1. The molecule has 4 aromatic rings. The molecule has 1 N–H and O–H groups in total. The smallest absolute Gasteiger partial charge is 0.302 e. The van der Waals surface area contributed by atoms with Crippen molar-refractivity contribution in [3.8, 4) is 16.5 Å². The molecule has 1 aliphatic heterocycles. The molecule has 1 aliphatic rings. The second-order valence-electron chi connectivity index (χ2n) is 10.0. The summed E-state index contributed by atoms with van der Waals surface area (Å²) in [5, 5.41) is 11.2. The van der Waals surface area contributed by atoms with Crippen molar-refractivity contribution < 1.29 is 9.50 Å². The minimum absolute atomic E-state index is 0.157. The summed E-state index contributed by atoms with van der Waals surface area (Å²) < 4.78 is 17.1. The van der Waals surface area contributed by atoms with Gasteiger partial charge < -0.3 is 24.4 Å². The fourth-order valence-corrected chi connectivity index (χ4v) is 5.62. The first kappa shape index (κ1) is 26.1. The van der Waals surface area contributed by atoms with E-state index < -0.39 is 11.3 Å². The number of thiazole rings is 1. The fraction of sp³-hybridized carbons (Fsp3) is 0.370. The molecule has 1 aromatic carbocycles. The summed E-state index contributed by atoms with van der Waals surface area (Å²) in [7, 11) is 5.99. The summed E-state index contributed by atoms with van der Waals surface area (Å²) in [4.78, 5) is 29.6. The minimum atomic E-state index is -0.544. The quantitative estimate of drug-likeness (QED) is 0.370. The van der Waals surface area contributed by atoms with Gasteiger partial charge in [-0.2, -0.15) is 0 Å². The lowest BCUT2D eigenvalue weighted by Gasteiger charge is -2.35. The van der Waals surface area contributed by atoms with Crippen LogP contribution in [0.3, 0.4) is 0 Å². The zero-order valence-corrected chi connectivity index (χ0v) is 22.7. The van der Waals surface area contributed by atoms with Crippen molar-refractivity contribution in [2.75, 3.05) is 47.3 Å². The molecule has 0 bridgehead atoms. The van der Waals surface area contributed by atoms with Crippen LogP contribution >= 0.6 is 11.3 Å². The van der Waals surface area contributed by atoms with Gasteiger partial charge in [0.2, 0.25) is 11.5 Å². The van der Waals surface area contributed by atoms with Crippen molar-refractivity contribution >= 4 is 17.1 Å². The summed E-state index contributed by atoms with van der Waals surface area (Å²) >= 11 is 1.36. The Morgan fingerprint density at radius 3 is 2.68 bits per heavy atom. The number of nitrogens with zero attached hydrogens (tertiary/aromatic N) is 7. The Balaban J connectivity index is 1.42. The number of hydrogen-bond donors (Lipinski definition) is 1. The van der Waals surface area contributed by atoms with Gasteiger partial charge in [0.15, 0.2) is 5.69 Å². The monoisotopic (exact) mass is 537 g/mol. The molecule has 9 nitrogen and oxygen atoms in total. The Bertz CT molecular complexity index is 1530. The maximum absolute atomic E-state index is 13.9. The van der Waals surface area contributed by atoms with Gasteiger partial charge >= 0.3 is 5.56 Å². The number of hydrogen-bond acceptors (Lipinski definition) is 8. The molecule has 38 heavy (non-hydrogen) atoms. The Kier molecular flexibility index (Phi) is 7.33. The van der Waals surface area contributed by atoms with Crippen LogP contribution in [0.2, 0.25) is 0 Å². The third-order valence-corrected chi connectivity index (χ3v) is 7.81. The third-order valence-electron chi connectivity index (χ3n) is 6.80. The molecule has 0 saturated carbocycles. The van der Waals surface area contributed by atoms with Gasteiger partial charge in [0.25, 0.3) is 0 Å². The molecular formula is C27H32FN7O2S. The van der Waals surface area contributed by atoms with E-state index in [1.165, 1.54) is 21.8 Å². The molecule has 1 saturated heterocycles. The summed E-state index contributed by atoms with van der Waals surface area (Å²) in [6.07, 6.45) is 5.67. The van der Waals surface area contributed by atoms with E-state index in [1.54, 1.807) is 30.7 Å². The molecule has 3 aromatic heterocycles. The van der Waals surface area contributed by atoms with Crippen LogP contribution in [-0.2, 0) is 19.5 Å². The molecule has 1 fully saturated rings. The summed E-state index contributed by atoms with van der Waals surface area (Å²) in [5.41, 5.74) is 2.47. The van der Waals surface area contributed by atoms with Gasteiger partial charge in [0.1, 0.15) is 10.8 Å². The largest absolute Gasteiger partial charge is 0.501 e. The van der Waals surface area contributed by atoms with Crippen LogP contribution in [0.25, 0.3) is 16.5 Å². The van der Waals surface area contributed by atoms with Gasteiger partial charge in [-0.25, -0.2) is 18.8 Å². The third kappa shape index (κ3) is 5.35. The van der Waals surface area contributed by atoms with E-state index in [0.717, 1.165) is 47.9 Å². The molecule has 0 unspecified atom stereocenters. The number of allylic oxidation sites excluding steroid dienone is 1. The maximum atomic E-state index is 13.9. The number of rotatable bonds is 8. The van der Waals surface area contributed by atoms with Gasteiger partial charge in [-0.05, 0) is 44.4 Å². The molecule has 0 spiro atoms. The lowest BCUT2D eigenvalue weighted by Crippen LogP contribution is -2.44. The topological polar surface area (TPSA) is 82.1 Å². The molecule has 200 valence electrons. The molecular weight excluding hydrogens is 505 g/mol. The number of benzene rings is 1. The van der Waals surface area contributed by atoms with Crippen LogP contribution in [0.1, 0.15) is 16.0 Å². The van der Waals surface area contributed by atoms with Crippen LogP contribution in [0.4, 0.5) is 4.39 Å². The number of likely N-dealkylation sites (N-methyl/N-ethyl adjacent to an activating group) is 1. The highest BCUT2D eigenvalue weighted by Gasteiger charge is 2.21. The number of halogens is 1. The summed E-state index contributed by atoms with van der Waals surface area (Å²) in [5.74, 6) is -0.285. The average Bonchev–Trinajstić information content (AvgIpc) is 3.50. The lowest BCUT2D eigenvalue weighted by molar-refractivity contribution is 0.181. The average molecular weight is 538 g/mol. The SMILES string of the molecule is C=C(Cn1ccn2c(=O)c(O)c(-c3ncc(Cc4ccc(F)cc4CN(C)C)s3)nc12)N1CCN(C)CC1. The molecule has 0 aliphatic carbocycles. The molecule has 4 heterocycles. The van der Waals surface area contributed by atoms with Gasteiger partial charge in [-0.3, -0.25) is 4.79 Å². The number of aromatic hydroxyl groups is 1. The fourth-order valence-electron chi connectivity index (χ4n) is 4.70. The highest BCUT2D eigenvalue weighted by Crippen LogP contribution is 2.31. The zero-order valence-electron chi connectivity index (χ0n) is 21.9. The van der Waals surface area contributed by atoms with Crippen LogP contribution in [0.15, 0.2) is 53.9 Å². The van der Waals surface area contributed by atoms with Gasteiger partial charge in [0.05, 0.1) is 6.54 Å². The molecule has 0 radical (unpaired) electrons. The Morgan fingerprint density at radius 2 is 1.95 bits per heavy atom. The van der Waals surface area contributed by atoms with E-state index in [1.807, 2.05) is 23.6 Å². The van der Waals surface area contributed by atoms with Gasteiger partial charge in [-0.1, -0.05) is 12.6 Å². The second kappa shape index (κ2) is 10.7. The molecule has 5 rings (SSSR count). The first-order valence-electron chi connectivity index (χ1n) is 12.5. The number of piperazine rings is 1. The Labute approximate surface area is 224 Å². The predicted octanol–water partition coefficient (Wildman–Crippen LogP) is 2.88. The van der Waals surface area contributed by atoms with Crippen molar-refractivity contribution in [3.05, 3.63) is 81.2 Å². The van der Waals surface area contributed by atoms with Crippen molar-refractivity contribution in [3.63, 3.8) is 0 Å². The standard InChI is InChI=1S/C27H32FN7O2S/c1-18(33-9-7-32(4)8-10-33)16-34-11-12-35-26(37)24(36)23(30-27(34)35)25-29-15-22(38-25)14-19-5-6-21(28)13-20(19)17-31(2)3/h5-6,11-13,15,36H,1,7-10,14,16-17H2,2-4H3. The Morgan fingerprint density at radius 1 is 1.18 bits per heavy atom. The molecule has 0 atom stereocenters. The highest BCUT2D eigenvalue weighted by atomic mass is 32.1. The molecule has 11 heteroatoms. The van der Waals surface area contributed by atoms with Crippen LogP contribution in [0, 0.1) is 5.82 Å².